The van der Waals surface area contributed by atoms with E-state index in [0.717, 1.165) is 8.98 Å². The lowest BCUT2D eigenvalue weighted by Crippen LogP contribution is -2.39. The highest BCUT2D eigenvalue weighted by Crippen LogP contribution is 2.14. The second kappa shape index (κ2) is 9.63. The van der Waals surface area contributed by atoms with E-state index < -0.39 is 20.7 Å². The molecule has 0 aliphatic rings. The fourth-order valence-corrected chi connectivity index (χ4v) is 2.57. The molecule has 0 heterocycles. The van der Waals surface area contributed by atoms with Crippen LogP contribution in [0.15, 0.2) is 35.7 Å². The van der Waals surface area contributed by atoms with Crippen LogP contribution in [0.4, 0.5) is 4.79 Å². The fraction of sp³-hybridized carbons (Fsp3) is 0.438. The predicted octanol–water partition coefficient (Wildman–Crippen LogP) is 3.99. The molecule has 0 atom stereocenters. The highest BCUT2D eigenvalue weighted by Gasteiger charge is 2.21. The Morgan fingerprint density at radius 3 is 2.40 bits per heavy atom. The third-order valence-electron chi connectivity index (χ3n) is 2.68. The first-order chi connectivity index (χ1) is 11.5. The Labute approximate surface area is 166 Å². The molecule has 0 unspecified atom stereocenters. The molecular formula is C16H21ClINO5S. The predicted molar refractivity (Wildman–Crippen MR) is 106 cm³/mol. The van der Waals surface area contributed by atoms with Gasteiger partial charge in [-0.25, -0.2) is 13.2 Å². The summed E-state index contributed by atoms with van der Waals surface area (Å²) in [5.74, 6) is 0.684. The molecule has 1 aromatic carbocycles. The maximum atomic E-state index is 12.2. The van der Waals surface area contributed by atoms with Crippen molar-refractivity contribution in [1.82, 2.24) is 4.90 Å². The molecule has 6 nitrogen and oxygen atoms in total. The Morgan fingerprint density at radius 1 is 1.28 bits per heavy atom. The Bertz CT molecular complexity index is 698. The standard InChI is InChI=1S/C16H21ClINO5S/c1-16(2,3)24-15(20)19(9-4-12-25(17,21)22)10-11-23-14-7-5-13(18)6-8-14/h4-8,12H,9-11H2,1-3H3/b12-4+. The average molecular weight is 502 g/mol. The van der Waals surface area contributed by atoms with Gasteiger partial charge in [0.05, 0.1) is 6.54 Å². The van der Waals surface area contributed by atoms with Crippen LogP contribution in [0.2, 0.25) is 0 Å². The first-order valence-electron chi connectivity index (χ1n) is 7.44. The van der Waals surface area contributed by atoms with Crippen molar-refractivity contribution in [2.45, 2.75) is 26.4 Å². The lowest BCUT2D eigenvalue weighted by atomic mass is 10.2. The van der Waals surface area contributed by atoms with Gasteiger partial charge < -0.3 is 14.4 Å². The molecule has 0 spiro atoms. The quantitative estimate of drug-likeness (QED) is 0.417. The average Bonchev–Trinajstić information content (AvgIpc) is 2.44. The largest absolute Gasteiger partial charge is 0.492 e. The monoisotopic (exact) mass is 501 g/mol. The van der Waals surface area contributed by atoms with Crippen molar-refractivity contribution in [1.29, 1.82) is 0 Å². The van der Waals surface area contributed by atoms with E-state index in [4.69, 9.17) is 20.2 Å². The number of carbonyl (C=O) groups excluding carboxylic acids is 1. The van der Waals surface area contributed by atoms with Gasteiger partial charge in [0.15, 0.2) is 0 Å². The number of nitrogens with zero attached hydrogens (tertiary/aromatic N) is 1. The first-order valence-corrected chi connectivity index (χ1v) is 10.9. The zero-order valence-electron chi connectivity index (χ0n) is 14.2. The Balaban J connectivity index is 2.67. The highest BCUT2D eigenvalue weighted by atomic mass is 127. The smallest absolute Gasteiger partial charge is 0.410 e. The van der Waals surface area contributed by atoms with Gasteiger partial charge in [-0.2, -0.15) is 0 Å². The molecule has 0 aliphatic heterocycles. The summed E-state index contributed by atoms with van der Waals surface area (Å²) in [6.07, 6.45) is 0.729. The van der Waals surface area contributed by atoms with Crippen LogP contribution in [0.1, 0.15) is 20.8 Å². The number of rotatable bonds is 7. The van der Waals surface area contributed by atoms with E-state index in [0.29, 0.717) is 5.75 Å². The van der Waals surface area contributed by atoms with E-state index in [2.05, 4.69) is 22.6 Å². The molecule has 0 aromatic heterocycles. The summed E-state index contributed by atoms with van der Waals surface area (Å²) in [5, 5.41) is 0.839. The molecule has 1 aromatic rings. The topological polar surface area (TPSA) is 72.9 Å². The zero-order valence-corrected chi connectivity index (χ0v) is 18.0. The van der Waals surface area contributed by atoms with E-state index in [1.165, 1.54) is 11.0 Å². The number of halogens is 2. The van der Waals surface area contributed by atoms with Crippen LogP contribution in [-0.4, -0.2) is 44.7 Å². The third-order valence-corrected chi connectivity index (χ3v) is 4.23. The number of hydrogen-bond donors (Lipinski definition) is 0. The van der Waals surface area contributed by atoms with Crippen molar-refractivity contribution in [3.05, 3.63) is 39.3 Å². The van der Waals surface area contributed by atoms with Crippen molar-refractivity contribution in [2.24, 2.45) is 0 Å². The molecule has 1 rings (SSSR count). The van der Waals surface area contributed by atoms with Crippen LogP contribution >= 0.6 is 33.3 Å². The summed E-state index contributed by atoms with van der Waals surface area (Å²) in [6.45, 7) is 5.77. The molecule has 0 saturated heterocycles. The van der Waals surface area contributed by atoms with Crippen LogP contribution in [0.25, 0.3) is 0 Å². The minimum Gasteiger partial charge on any atom is -0.492 e. The van der Waals surface area contributed by atoms with E-state index in [1.54, 1.807) is 20.8 Å². The van der Waals surface area contributed by atoms with Gasteiger partial charge in [-0.1, -0.05) is 6.08 Å². The lowest BCUT2D eigenvalue weighted by molar-refractivity contribution is 0.0249. The molecular weight excluding hydrogens is 481 g/mol. The maximum absolute atomic E-state index is 12.2. The minimum absolute atomic E-state index is 0.0386. The van der Waals surface area contributed by atoms with Crippen LogP contribution in [0.3, 0.4) is 0 Å². The normalized spacial score (nSPS) is 12.2. The van der Waals surface area contributed by atoms with Crippen molar-refractivity contribution in [3.8, 4) is 5.75 Å². The second-order valence-electron chi connectivity index (χ2n) is 6.08. The SMILES string of the molecule is CC(C)(C)OC(=O)N(C/C=C/S(=O)(=O)Cl)CCOc1ccc(I)cc1. The number of benzene rings is 1. The van der Waals surface area contributed by atoms with Crippen molar-refractivity contribution < 1.29 is 22.7 Å². The summed E-state index contributed by atoms with van der Waals surface area (Å²) >= 11 is 2.19. The highest BCUT2D eigenvalue weighted by molar-refractivity contribution is 14.1. The summed E-state index contributed by atoms with van der Waals surface area (Å²) in [6, 6.07) is 7.49. The lowest BCUT2D eigenvalue weighted by Gasteiger charge is -2.26. The van der Waals surface area contributed by atoms with E-state index in [1.807, 2.05) is 24.3 Å². The van der Waals surface area contributed by atoms with E-state index in [-0.39, 0.29) is 19.7 Å². The Hall–Kier alpha value is -1.000. The molecule has 0 saturated carbocycles. The third kappa shape index (κ3) is 10.6. The molecule has 0 aliphatic carbocycles. The fourth-order valence-electron chi connectivity index (χ4n) is 1.67. The van der Waals surface area contributed by atoms with Gasteiger partial charge in [-0.05, 0) is 67.6 Å². The summed E-state index contributed by atoms with van der Waals surface area (Å²) < 4.78 is 33.9. The van der Waals surface area contributed by atoms with Gasteiger partial charge in [-0.15, -0.1) is 0 Å². The summed E-state index contributed by atoms with van der Waals surface area (Å²) in [4.78, 5) is 13.6. The van der Waals surface area contributed by atoms with Gasteiger partial charge >= 0.3 is 6.09 Å². The molecule has 9 heteroatoms. The second-order valence-corrected chi connectivity index (χ2v) is 9.84. The van der Waals surface area contributed by atoms with E-state index >= 15 is 0 Å². The number of carbonyl (C=O) groups is 1. The van der Waals surface area contributed by atoms with Gasteiger partial charge in [-0.3, -0.25) is 0 Å². The van der Waals surface area contributed by atoms with Crippen molar-refractivity contribution in [3.63, 3.8) is 0 Å². The van der Waals surface area contributed by atoms with Gasteiger partial charge in [0, 0.05) is 26.2 Å². The van der Waals surface area contributed by atoms with Gasteiger partial charge in [0.25, 0.3) is 9.05 Å². The molecule has 1 amide bonds. The van der Waals surface area contributed by atoms with Crippen LogP contribution in [-0.2, 0) is 13.8 Å². The number of amides is 1. The van der Waals surface area contributed by atoms with Crippen LogP contribution in [0.5, 0.6) is 5.75 Å². The molecule has 0 radical (unpaired) electrons. The van der Waals surface area contributed by atoms with E-state index in [9.17, 15) is 13.2 Å². The van der Waals surface area contributed by atoms with Crippen molar-refractivity contribution in [2.75, 3.05) is 19.7 Å². The summed E-state index contributed by atoms with van der Waals surface area (Å²) in [5.41, 5.74) is -0.658. The first kappa shape index (κ1) is 22.0. The molecule has 140 valence electrons. The van der Waals surface area contributed by atoms with Crippen LogP contribution in [0, 0.1) is 3.57 Å². The minimum atomic E-state index is -3.77. The molecule has 25 heavy (non-hydrogen) atoms. The molecule has 0 bridgehead atoms. The van der Waals surface area contributed by atoms with Crippen LogP contribution < -0.4 is 4.74 Å². The number of hydrogen-bond acceptors (Lipinski definition) is 5. The Kier molecular flexibility index (Phi) is 8.49. The maximum Gasteiger partial charge on any atom is 0.410 e. The van der Waals surface area contributed by atoms with Gasteiger partial charge in [0.2, 0.25) is 0 Å². The molecule has 0 N–H and O–H groups in total. The van der Waals surface area contributed by atoms with Gasteiger partial charge in [0.1, 0.15) is 18.0 Å². The molecule has 0 fully saturated rings. The zero-order chi connectivity index (χ0) is 19.1. The number of ether oxygens (including phenoxy) is 2. The Morgan fingerprint density at radius 2 is 1.88 bits per heavy atom. The van der Waals surface area contributed by atoms with Crippen molar-refractivity contribution >= 4 is 48.4 Å². The summed E-state index contributed by atoms with van der Waals surface area (Å²) in [7, 11) is 1.36.